The third-order valence-corrected chi connectivity index (χ3v) is 3.83. The molecule has 3 aromatic rings. The molecule has 6 heteroatoms. The van der Waals surface area contributed by atoms with Gasteiger partial charge in [-0.05, 0) is 18.6 Å². The topological polar surface area (TPSA) is 71.2 Å². The minimum absolute atomic E-state index is 0.242. The van der Waals surface area contributed by atoms with Crippen LogP contribution in [0.5, 0.6) is 0 Å². The Morgan fingerprint density at radius 3 is 2.91 bits per heavy atom. The van der Waals surface area contributed by atoms with Crippen LogP contribution in [0.3, 0.4) is 0 Å². The molecule has 0 aliphatic carbocycles. The van der Waals surface area contributed by atoms with Gasteiger partial charge in [0.05, 0.1) is 23.3 Å². The highest BCUT2D eigenvalue weighted by Gasteiger charge is 2.11. The lowest BCUT2D eigenvalue weighted by atomic mass is 10.2. The zero-order chi connectivity index (χ0) is 15.5. The van der Waals surface area contributed by atoms with Crippen LogP contribution >= 0.6 is 11.6 Å². The van der Waals surface area contributed by atoms with E-state index in [1.807, 2.05) is 41.1 Å². The third kappa shape index (κ3) is 2.97. The molecule has 22 heavy (non-hydrogen) atoms. The minimum atomic E-state index is -0.728. The number of nitrogens with zero attached hydrogens (tertiary/aromatic N) is 3. The van der Waals surface area contributed by atoms with E-state index in [1.165, 1.54) is 0 Å². The fraction of sp³-hybridized carbons (Fsp3) is 0.250. The van der Waals surface area contributed by atoms with Crippen molar-refractivity contribution in [2.24, 2.45) is 0 Å². The summed E-state index contributed by atoms with van der Waals surface area (Å²) in [6, 6.07) is 9.53. The Hall–Kier alpha value is -1.95. The molecule has 1 aromatic carbocycles. The average molecular weight is 318 g/mol. The molecule has 0 bridgehead atoms. The van der Waals surface area contributed by atoms with E-state index in [0.717, 1.165) is 16.6 Å². The maximum absolute atomic E-state index is 9.48. The lowest BCUT2D eigenvalue weighted by molar-refractivity contribution is 0.0847. The van der Waals surface area contributed by atoms with Crippen molar-refractivity contribution >= 4 is 22.5 Å². The molecule has 2 N–H and O–H groups in total. The molecule has 1 atom stereocenters. The molecular weight excluding hydrogens is 302 g/mol. The van der Waals surface area contributed by atoms with E-state index < -0.39 is 6.10 Å². The number of pyridine rings is 1. The summed E-state index contributed by atoms with van der Waals surface area (Å²) in [6.07, 6.45) is 3.25. The smallest absolute Gasteiger partial charge is 0.158 e. The number of para-hydroxylation sites is 1. The number of hydrogen-bond acceptors (Lipinski definition) is 4. The van der Waals surface area contributed by atoms with Crippen molar-refractivity contribution in [1.29, 1.82) is 0 Å². The number of aliphatic hydroxyl groups excluding tert-OH is 2. The van der Waals surface area contributed by atoms with Crippen LogP contribution in [0.4, 0.5) is 0 Å². The van der Waals surface area contributed by atoms with Crippen molar-refractivity contribution in [1.82, 2.24) is 14.5 Å². The Kier molecular flexibility index (Phi) is 4.38. The van der Waals surface area contributed by atoms with Crippen molar-refractivity contribution in [2.75, 3.05) is 6.61 Å². The molecule has 0 saturated carbocycles. The number of halogens is 1. The van der Waals surface area contributed by atoms with Crippen LogP contribution in [0.1, 0.15) is 6.42 Å². The second kappa shape index (κ2) is 6.44. The molecule has 114 valence electrons. The normalized spacial score (nSPS) is 12.7. The Balaban J connectivity index is 1.94. The maximum atomic E-state index is 9.48. The van der Waals surface area contributed by atoms with E-state index in [4.69, 9.17) is 16.7 Å². The molecule has 5 nitrogen and oxygen atoms in total. The van der Waals surface area contributed by atoms with E-state index in [2.05, 4.69) is 9.97 Å². The highest BCUT2D eigenvalue weighted by Crippen LogP contribution is 2.25. The molecule has 0 saturated heterocycles. The summed E-state index contributed by atoms with van der Waals surface area (Å²) in [5.74, 6) is 0.715. The maximum Gasteiger partial charge on any atom is 0.158 e. The van der Waals surface area contributed by atoms with Gasteiger partial charge in [-0.1, -0.05) is 29.8 Å². The first-order valence-corrected chi connectivity index (χ1v) is 7.42. The third-order valence-electron chi connectivity index (χ3n) is 3.53. The highest BCUT2D eigenvalue weighted by molar-refractivity contribution is 6.35. The number of aryl methyl sites for hydroxylation is 1. The largest absolute Gasteiger partial charge is 0.394 e. The van der Waals surface area contributed by atoms with Crippen LogP contribution < -0.4 is 0 Å². The monoisotopic (exact) mass is 317 g/mol. The molecule has 2 heterocycles. The first-order chi connectivity index (χ1) is 10.7. The van der Waals surface area contributed by atoms with Gasteiger partial charge in [-0.2, -0.15) is 0 Å². The number of hydrogen-bond donors (Lipinski definition) is 2. The number of benzene rings is 1. The molecule has 0 amide bonds. The fourth-order valence-electron chi connectivity index (χ4n) is 2.34. The van der Waals surface area contributed by atoms with E-state index in [-0.39, 0.29) is 6.61 Å². The Morgan fingerprint density at radius 1 is 1.23 bits per heavy atom. The summed E-state index contributed by atoms with van der Waals surface area (Å²) in [4.78, 5) is 8.94. The van der Waals surface area contributed by atoms with Crippen LogP contribution in [-0.2, 0) is 6.54 Å². The first-order valence-electron chi connectivity index (χ1n) is 7.04. The van der Waals surface area contributed by atoms with Crippen molar-refractivity contribution in [2.45, 2.75) is 19.1 Å². The van der Waals surface area contributed by atoms with Crippen LogP contribution in [-0.4, -0.2) is 37.5 Å². The van der Waals surface area contributed by atoms with Crippen molar-refractivity contribution in [3.8, 4) is 11.5 Å². The van der Waals surface area contributed by atoms with Gasteiger partial charge in [0.15, 0.2) is 5.82 Å². The lowest BCUT2D eigenvalue weighted by Crippen LogP contribution is -2.15. The lowest BCUT2D eigenvalue weighted by Gasteiger charge is -2.10. The van der Waals surface area contributed by atoms with Crippen LogP contribution in [0, 0.1) is 0 Å². The average Bonchev–Trinajstić information content (AvgIpc) is 3.01. The summed E-state index contributed by atoms with van der Waals surface area (Å²) in [5, 5.41) is 20.0. The summed E-state index contributed by atoms with van der Waals surface area (Å²) >= 11 is 6.20. The van der Waals surface area contributed by atoms with Crippen LogP contribution in [0.2, 0.25) is 5.02 Å². The van der Waals surface area contributed by atoms with Crippen LogP contribution in [0.25, 0.3) is 22.4 Å². The summed E-state index contributed by atoms with van der Waals surface area (Å²) in [6.45, 7) is 0.313. The standard InChI is InChI=1S/C16H16ClN3O2/c17-13-3-1-2-11-4-5-14(19-15(11)13)16-18-7-9-20(16)8-6-12(22)10-21/h1-5,7,9,12,21-22H,6,8,10H2. The molecule has 2 aromatic heterocycles. The summed E-state index contributed by atoms with van der Waals surface area (Å²) in [7, 11) is 0. The van der Waals surface area contributed by atoms with E-state index >= 15 is 0 Å². The molecule has 0 spiro atoms. The predicted octanol–water partition coefficient (Wildman–Crippen LogP) is 2.50. The molecular formula is C16H16ClN3O2. The van der Waals surface area contributed by atoms with E-state index in [1.54, 1.807) is 6.20 Å². The second-order valence-electron chi connectivity index (χ2n) is 5.08. The number of aliphatic hydroxyl groups is 2. The number of aromatic nitrogens is 3. The van der Waals surface area contributed by atoms with Gasteiger partial charge >= 0.3 is 0 Å². The predicted molar refractivity (Wildman–Crippen MR) is 85.7 cm³/mol. The number of rotatable bonds is 5. The van der Waals surface area contributed by atoms with Gasteiger partial charge in [-0.25, -0.2) is 9.97 Å². The summed E-state index contributed by atoms with van der Waals surface area (Å²) in [5.41, 5.74) is 1.47. The van der Waals surface area contributed by atoms with Crippen molar-refractivity contribution in [3.63, 3.8) is 0 Å². The molecule has 0 aliphatic heterocycles. The molecule has 0 radical (unpaired) electrons. The molecule has 1 unspecified atom stereocenters. The van der Waals surface area contributed by atoms with Crippen molar-refractivity contribution < 1.29 is 10.2 Å². The van der Waals surface area contributed by atoms with Gasteiger partial charge in [-0.3, -0.25) is 0 Å². The first kappa shape index (κ1) is 15.0. The fourth-order valence-corrected chi connectivity index (χ4v) is 2.56. The Labute approximate surface area is 132 Å². The van der Waals surface area contributed by atoms with Gasteiger partial charge in [0.25, 0.3) is 0 Å². The SMILES string of the molecule is OCC(O)CCn1ccnc1-c1ccc2cccc(Cl)c2n1. The van der Waals surface area contributed by atoms with E-state index in [9.17, 15) is 5.11 Å². The number of fused-ring (bicyclic) bond motifs is 1. The number of imidazole rings is 1. The zero-order valence-corrected chi connectivity index (χ0v) is 12.6. The Morgan fingerprint density at radius 2 is 2.09 bits per heavy atom. The molecule has 0 fully saturated rings. The summed E-state index contributed by atoms with van der Waals surface area (Å²) < 4.78 is 1.91. The van der Waals surface area contributed by atoms with Gasteiger partial charge in [0.2, 0.25) is 0 Å². The Bertz CT molecular complexity index is 788. The van der Waals surface area contributed by atoms with Gasteiger partial charge in [-0.15, -0.1) is 0 Å². The quantitative estimate of drug-likeness (QED) is 0.758. The van der Waals surface area contributed by atoms with Crippen molar-refractivity contribution in [3.05, 3.63) is 47.7 Å². The molecule has 3 rings (SSSR count). The van der Waals surface area contributed by atoms with Gasteiger partial charge in [0, 0.05) is 24.3 Å². The van der Waals surface area contributed by atoms with Crippen LogP contribution in [0.15, 0.2) is 42.7 Å². The van der Waals surface area contributed by atoms with Gasteiger partial charge < -0.3 is 14.8 Å². The highest BCUT2D eigenvalue weighted by atomic mass is 35.5. The van der Waals surface area contributed by atoms with E-state index in [0.29, 0.717) is 23.8 Å². The molecule has 0 aliphatic rings. The minimum Gasteiger partial charge on any atom is -0.394 e. The van der Waals surface area contributed by atoms with Gasteiger partial charge in [0.1, 0.15) is 5.69 Å². The zero-order valence-electron chi connectivity index (χ0n) is 11.9. The second-order valence-corrected chi connectivity index (χ2v) is 5.48.